The van der Waals surface area contributed by atoms with Gasteiger partial charge < -0.3 is 30.2 Å². The van der Waals surface area contributed by atoms with Crippen LogP contribution in [0.2, 0.25) is 0 Å². The summed E-state index contributed by atoms with van der Waals surface area (Å²) in [4.78, 5) is 4.39. The first-order valence-electron chi connectivity index (χ1n) is 10.0. The fourth-order valence-corrected chi connectivity index (χ4v) is 3.50. The van der Waals surface area contributed by atoms with Gasteiger partial charge in [0.05, 0.1) is 22.9 Å². The van der Waals surface area contributed by atoms with Gasteiger partial charge in [-0.25, -0.2) is 0 Å². The lowest BCUT2D eigenvalue weighted by Gasteiger charge is -2.33. The number of aliphatic hydroxyl groups is 4. The van der Waals surface area contributed by atoms with Crippen molar-refractivity contribution in [2.24, 2.45) is 0 Å². The van der Waals surface area contributed by atoms with Gasteiger partial charge in [0, 0.05) is 26.2 Å². The Morgan fingerprint density at radius 3 is 1.30 bits per heavy atom. The number of nitrogens with zero attached hydrogens (tertiary/aromatic N) is 2. The SMILES string of the molecule is C.CC1(O)CCC(O)CC1.CN1CCC(C)(O)C1.CN1CCC(C)(O)CC1. The minimum absolute atomic E-state index is 0. The smallest absolute Gasteiger partial charge is 0.0758 e. The predicted octanol–water partition coefficient (Wildman–Crippen LogP) is 1.84. The van der Waals surface area contributed by atoms with Crippen LogP contribution in [0, 0.1) is 0 Å². The average Bonchev–Trinajstić information content (AvgIpc) is 2.84. The zero-order chi connectivity index (χ0) is 20.0. The third-order valence-electron chi connectivity index (χ3n) is 5.74. The van der Waals surface area contributed by atoms with E-state index in [4.69, 9.17) is 5.11 Å². The van der Waals surface area contributed by atoms with Crippen molar-refractivity contribution in [3.05, 3.63) is 0 Å². The van der Waals surface area contributed by atoms with Gasteiger partial charge in [0.25, 0.3) is 0 Å². The number of likely N-dealkylation sites (tertiary alicyclic amines) is 2. The molecule has 0 radical (unpaired) electrons. The largest absolute Gasteiger partial charge is 0.393 e. The Labute approximate surface area is 167 Å². The molecule has 6 nitrogen and oxygen atoms in total. The summed E-state index contributed by atoms with van der Waals surface area (Å²) in [5, 5.41) is 37.2. The molecule has 3 rings (SSSR count). The number of hydrogen-bond donors (Lipinski definition) is 4. The van der Waals surface area contributed by atoms with Crippen LogP contribution in [-0.2, 0) is 0 Å². The summed E-state index contributed by atoms with van der Waals surface area (Å²) in [6, 6.07) is 0. The van der Waals surface area contributed by atoms with Crippen molar-refractivity contribution in [3.8, 4) is 0 Å². The summed E-state index contributed by atoms with van der Waals surface area (Å²) < 4.78 is 0. The van der Waals surface area contributed by atoms with E-state index in [1.54, 1.807) is 0 Å². The molecule has 164 valence electrons. The second kappa shape index (κ2) is 11.1. The van der Waals surface area contributed by atoms with E-state index in [1.165, 1.54) is 0 Å². The van der Waals surface area contributed by atoms with Crippen molar-refractivity contribution < 1.29 is 20.4 Å². The maximum atomic E-state index is 9.47. The molecule has 1 unspecified atom stereocenters. The molecule has 1 saturated carbocycles. The van der Waals surface area contributed by atoms with Gasteiger partial charge in [-0.2, -0.15) is 0 Å². The minimum atomic E-state index is -0.501. The van der Waals surface area contributed by atoms with E-state index in [0.29, 0.717) is 0 Å². The van der Waals surface area contributed by atoms with Crippen LogP contribution in [0.5, 0.6) is 0 Å². The monoisotopic (exact) mass is 390 g/mol. The van der Waals surface area contributed by atoms with Crippen molar-refractivity contribution in [3.63, 3.8) is 0 Å². The Balaban J connectivity index is 0.000000369. The van der Waals surface area contributed by atoms with Crippen LogP contribution in [-0.4, -0.2) is 93.4 Å². The first-order valence-corrected chi connectivity index (χ1v) is 10.0. The fourth-order valence-electron chi connectivity index (χ4n) is 3.50. The lowest BCUT2D eigenvalue weighted by atomic mass is 9.85. The lowest BCUT2D eigenvalue weighted by molar-refractivity contribution is -0.0175. The Bertz CT molecular complexity index is 367. The Kier molecular flexibility index (Phi) is 11.0. The zero-order valence-electron chi connectivity index (χ0n) is 17.5. The van der Waals surface area contributed by atoms with Crippen LogP contribution in [0.3, 0.4) is 0 Å². The van der Waals surface area contributed by atoms with Crippen molar-refractivity contribution in [1.29, 1.82) is 0 Å². The molecular formula is C21H46N2O4. The van der Waals surface area contributed by atoms with Crippen molar-refractivity contribution >= 4 is 0 Å². The molecule has 1 atom stereocenters. The molecule has 2 aliphatic heterocycles. The summed E-state index contributed by atoms with van der Waals surface area (Å²) in [6.45, 7) is 9.56. The Hall–Kier alpha value is -0.240. The molecule has 27 heavy (non-hydrogen) atoms. The molecule has 0 spiro atoms. The summed E-state index contributed by atoms with van der Waals surface area (Å²) in [7, 11) is 4.12. The highest BCUT2D eigenvalue weighted by molar-refractivity contribution is 4.83. The van der Waals surface area contributed by atoms with E-state index < -0.39 is 11.2 Å². The molecule has 2 saturated heterocycles. The maximum Gasteiger partial charge on any atom is 0.0758 e. The summed E-state index contributed by atoms with van der Waals surface area (Å²) in [5.74, 6) is 0. The van der Waals surface area contributed by atoms with Crippen LogP contribution in [0.1, 0.15) is 73.1 Å². The molecule has 2 heterocycles. The van der Waals surface area contributed by atoms with Crippen LogP contribution < -0.4 is 0 Å². The second-order valence-corrected chi connectivity index (χ2v) is 9.51. The number of piperidine rings is 1. The third-order valence-corrected chi connectivity index (χ3v) is 5.74. The first-order chi connectivity index (χ1) is 11.8. The highest BCUT2D eigenvalue weighted by Gasteiger charge is 2.28. The van der Waals surface area contributed by atoms with Gasteiger partial charge in [-0.1, -0.05) is 7.43 Å². The number of likely N-dealkylation sites (N-methyl/N-ethyl adjacent to an activating group) is 1. The van der Waals surface area contributed by atoms with Gasteiger partial charge in [-0.3, -0.25) is 0 Å². The first kappa shape index (κ1) is 26.8. The normalized spacial score (nSPS) is 36.6. The van der Waals surface area contributed by atoms with Gasteiger partial charge in [0.2, 0.25) is 0 Å². The van der Waals surface area contributed by atoms with E-state index in [-0.39, 0.29) is 19.1 Å². The van der Waals surface area contributed by atoms with E-state index in [2.05, 4.69) is 16.8 Å². The Morgan fingerprint density at radius 1 is 0.667 bits per heavy atom. The molecule has 3 fully saturated rings. The second-order valence-electron chi connectivity index (χ2n) is 9.51. The number of β-amino-alcohol motifs (C(OH)–C–C–N with tert-alkyl or cyclic N) is 1. The maximum absolute atomic E-state index is 9.47. The predicted molar refractivity (Wildman–Crippen MR) is 112 cm³/mol. The van der Waals surface area contributed by atoms with Gasteiger partial charge in [0.15, 0.2) is 0 Å². The molecule has 3 aliphatic rings. The molecule has 0 aromatic rings. The molecule has 1 aliphatic carbocycles. The Morgan fingerprint density at radius 2 is 1.04 bits per heavy atom. The van der Waals surface area contributed by atoms with E-state index in [9.17, 15) is 15.3 Å². The summed E-state index contributed by atoms with van der Waals surface area (Å²) >= 11 is 0. The van der Waals surface area contributed by atoms with Gasteiger partial charge in [-0.05, 0) is 79.8 Å². The number of aliphatic hydroxyl groups excluding tert-OH is 1. The molecule has 0 aromatic carbocycles. The standard InChI is InChI=1S/C7H15NO.C7H14O2.C6H13NO.CH4/c1-7(9)3-5-8(2)6-4-7;1-7(9)4-2-6(8)3-5-7;1-6(8)3-4-7(2)5-6;/h9H,3-6H2,1-2H3;6,8-9H,2-5H2,1H3;8H,3-5H2,1-2H3;1H4. The summed E-state index contributed by atoms with van der Waals surface area (Å²) in [5.41, 5.74) is -1.29. The molecular weight excluding hydrogens is 344 g/mol. The van der Waals surface area contributed by atoms with Gasteiger partial charge in [-0.15, -0.1) is 0 Å². The van der Waals surface area contributed by atoms with Crippen molar-refractivity contribution in [2.75, 3.05) is 40.3 Å². The third kappa shape index (κ3) is 12.0. The number of hydrogen-bond acceptors (Lipinski definition) is 6. The lowest BCUT2D eigenvalue weighted by Crippen LogP contribution is -2.40. The quantitative estimate of drug-likeness (QED) is 0.505. The van der Waals surface area contributed by atoms with Crippen LogP contribution in [0.4, 0.5) is 0 Å². The molecule has 0 aromatic heterocycles. The molecule has 6 heteroatoms. The van der Waals surface area contributed by atoms with E-state index >= 15 is 0 Å². The molecule has 0 amide bonds. The summed E-state index contributed by atoms with van der Waals surface area (Å²) in [6.07, 6.45) is 5.60. The highest BCUT2D eigenvalue weighted by Crippen LogP contribution is 2.27. The van der Waals surface area contributed by atoms with Crippen LogP contribution >= 0.6 is 0 Å². The molecule has 4 N–H and O–H groups in total. The van der Waals surface area contributed by atoms with E-state index in [0.717, 1.165) is 71.1 Å². The van der Waals surface area contributed by atoms with Gasteiger partial charge >= 0.3 is 0 Å². The van der Waals surface area contributed by atoms with Crippen LogP contribution in [0.15, 0.2) is 0 Å². The average molecular weight is 391 g/mol. The molecule has 0 bridgehead atoms. The topological polar surface area (TPSA) is 87.4 Å². The number of rotatable bonds is 0. The fraction of sp³-hybridized carbons (Fsp3) is 1.00. The van der Waals surface area contributed by atoms with Crippen molar-refractivity contribution in [2.45, 2.75) is 96.1 Å². The van der Waals surface area contributed by atoms with Crippen LogP contribution in [0.25, 0.3) is 0 Å². The van der Waals surface area contributed by atoms with Crippen molar-refractivity contribution in [1.82, 2.24) is 9.80 Å². The zero-order valence-corrected chi connectivity index (χ0v) is 17.5. The van der Waals surface area contributed by atoms with E-state index in [1.807, 2.05) is 27.8 Å². The van der Waals surface area contributed by atoms with Gasteiger partial charge in [0.1, 0.15) is 0 Å². The highest BCUT2D eigenvalue weighted by atomic mass is 16.3. The minimum Gasteiger partial charge on any atom is -0.393 e.